The zero-order valence-electron chi connectivity index (χ0n) is 10.4. The number of carboxylic acid groups (broad SMARTS) is 1. The molecule has 0 saturated heterocycles. The highest BCUT2D eigenvalue weighted by atomic mass is 32.2. The van der Waals surface area contributed by atoms with Gasteiger partial charge in [-0.05, 0) is 25.1 Å². The molecule has 0 spiro atoms. The molecule has 20 heavy (non-hydrogen) atoms. The quantitative estimate of drug-likeness (QED) is 0.615. The number of nitrogen functional groups attached to an aromatic ring is 1. The van der Waals surface area contributed by atoms with Crippen LogP contribution in [0.5, 0.6) is 0 Å². The summed E-state index contributed by atoms with van der Waals surface area (Å²) in [5.74, 6) is -1.28. The first-order chi connectivity index (χ1) is 9.31. The van der Waals surface area contributed by atoms with Crippen LogP contribution in [0.1, 0.15) is 16.1 Å². The summed E-state index contributed by atoms with van der Waals surface area (Å²) >= 11 is 0. The van der Waals surface area contributed by atoms with Crippen molar-refractivity contribution in [2.45, 2.75) is 11.8 Å². The molecule has 8 nitrogen and oxygen atoms in total. The Balaban J connectivity index is 2.45. The van der Waals surface area contributed by atoms with E-state index in [9.17, 15) is 13.2 Å². The minimum absolute atomic E-state index is 0.0503. The van der Waals surface area contributed by atoms with E-state index in [0.717, 1.165) is 6.20 Å². The highest BCUT2D eigenvalue weighted by Gasteiger charge is 2.21. The van der Waals surface area contributed by atoms with E-state index in [1.165, 1.54) is 18.2 Å². The van der Waals surface area contributed by atoms with Gasteiger partial charge in [0, 0.05) is 5.69 Å². The van der Waals surface area contributed by atoms with E-state index in [0.29, 0.717) is 5.69 Å². The lowest BCUT2D eigenvalue weighted by molar-refractivity contribution is 0.0698. The fraction of sp³-hybridized carbons (Fsp3) is 0.0909. The molecule has 0 aliphatic carbocycles. The molecule has 106 valence electrons. The Bertz CT molecular complexity index is 766. The number of benzene rings is 1. The van der Waals surface area contributed by atoms with Crippen LogP contribution in [-0.2, 0) is 10.0 Å². The second-order valence-electron chi connectivity index (χ2n) is 4.07. The topological polar surface area (TPSA) is 138 Å². The number of carbonyl (C=O) groups is 1. The number of nitrogens with two attached hydrogens (primary N) is 1. The number of nitrogens with one attached hydrogen (secondary N) is 2. The summed E-state index contributed by atoms with van der Waals surface area (Å²) in [4.78, 5) is 11.1. The first-order valence-corrected chi connectivity index (χ1v) is 6.95. The fourth-order valence-electron chi connectivity index (χ4n) is 1.64. The van der Waals surface area contributed by atoms with Crippen molar-refractivity contribution in [3.63, 3.8) is 0 Å². The summed E-state index contributed by atoms with van der Waals surface area (Å²) in [7, 11) is -3.92. The monoisotopic (exact) mass is 296 g/mol. The maximum absolute atomic E-state index is 12.1. The van der Waals surface area contributed by atoms with Crippen molar-refractivity contribution < 1.29 is 18.3 Å². The number of rotatable bonds is 4. The van der Waals surface area contributed by atoms with Gasteiger partial charge in [0.15, 0.2) is 0 Å². The zero-order valence-corrected chi connectivity index (χ0v) is 11.2. The molecule has 9 heteroatoms. The minimum atomic E-state index is -3.92. The molecular weight excluding hydrogens is 284 g/mol. The Kier molecular flexibility index (Phi) is 3.36. The molecule has 0 amide bonds. The molecule has 2 aromatic rings. The zero-order chi connectivity index (χ0) is 14.9. The normalized spacial score (nSPS) is 11.2. The number of hydrogen-bond donors (Lipinski definition) is 4. The van der Waals surface area contributed by atoms with E-state index in [1.807, 2.05) is 0 Å². The lowest BCUT2D eigenvalue weighted by atomic mass is 10.1. The van der Waals surface area contributed by atoms with Gasteiger partial charge in [-0.2, -0.15) is 5.10 Å². The molecule has 0 atom stereocenters. The summed E-state index contributed by atoms with van der Waals surface area (Å²) in [5, 5.41) is 15.2. The van der Waals surface area contributed by atoms with Crippen molar-refractivity contribution in [1.29, 1.82) is 0 Å². The van der Waals surface area contributed by atoms with E-state index < -0.39 is 16.0 Å². The smallest absolute Gasteiger partial charge is 0.337 e. The van der Waals surface area contributed by atoms with Crippen LogP contribution in [-0.4, -0.2) is 29.7 Å². The van der Waals surface area contributed by atoms with E-state index in [2.05, 4.69) is 14.9 Å². The fourth-order valence-corrected chi connectivity index (χ4v) is 2.86. The van der Waals surface area contributed by atoms with Gasteiger partial charge >= 0.3 is 5.97 Å². The summed E-state index contributed by atoms with van der Waals surface area (Å²) in [6.45, 7) is 1.54. The Labute approximate surface area is 114 Å². The third-order valence-electron chi connectivity index (χ3n) is 2.59. The molecule has 0 fully saturated rings. The standard InChI is InChI=1S/C11H12N4O4S/c1-6-10(5-13-14-6)20(18,19)15-9-3-2-7(12)4-8(9)11(16)17/h2-5,15H,12H2,1H3,(H,13,14)(H,16,17). The maximum atomic E-state index is 12.1. The Morgan fingerprint density at radius 2 is 2.15 bits per heavy atom. The van der Waals surface area contributed by atoms with Crippen molar-refractivity contribution in [3.05, 3.63) is 35.7 Å². The number of aromatic nitrogens is 2. The Morgan fingerprint density at radius 1 is 1.45 bits per heavy atom. The van der Waals surface area contributed by atoms with Crippen LogP contribution in [0.2, 0.25) is 0 Å². The van der Waals surface area contributed by atoms with Gasteiger partial charge in [0.2, 0.25) is 0 Å². The van der Waals surface area contributed by atoms with Crippen molar-refractivity contribution >= 4 is 27.4 Å². The van der Waals surface area contributed by atoms with Gasteiger partial charge in [-0.3, -0.25) is 9.82 Å². The molecule has 0 aliphatic rings. The van der Waals surface area contributed by atoms with Crippen molar-refractivity contribution in [1.82, 2.24) is 10.2 Å². The number of aromatic carboxylic acids is 1. The Hall–Kier alpha value is -2.55. The highest BCUT2D eigenvalue weighted by Crippen LogP contribution is 2.23. The number of sulfonamides is 1. The van der Waals surface area contributed by atoms with E-state index in [4.69, 9.17) is 10.8 Å². The molecule has 2 rings (SSSR count). The van der Waals surface area contributed by atoms with Crippen molar-refractivity contribution in [2.24, 2.45) is 0 Å². The molecule has 0 radical (unpaired) electrons. The summed E-state index contributed by atoms with van der Waals surface area (Å²) < 4.78 is 26.5. The van der Waals surface area contributed by atoms with Gasteiger partial charge in [-0.1, -0.05) is 0 Å². The SMILES string of the molecule is Cc1[nH]ncc1S(=O)(=O)Nc1ccc(N)cc1C(=O)O. The number of H-pyrrole nitrogens is 1. The molecule has 1 heterocycles. The summed E-state index contributed by atoms with van der Waals surface area (Å²) in [5.41, 5.74) is 5.78. The largest absolute Gasteiger partial charge is 0.478 e. The molecule has 1 aromatic heterocycles. The van der Waals surface area contributed by atoms with E-state index in [-0.39, 0.29) is 21.8 Å². The van der Waals surface area contributed by atoms with Crippen LogP contribution in [0.25, 0.3) is 0 Å². The van der Waals surface area contributed by atoms with Crippen molar-refractivity contribution in [3.8, 4) is 0 Å². The highest BCUT2D eigenvalue weighted by molar-refractivity contribution is 7.92. The summed E-state index contributed by atoms with van der Waals surface area (Å²) in [6.07, 6.45) is 1.15. The number of carboxylic acids is 1. The molecule has 1 aromatic carbocycles. The number of hydrogen-bond acceptors (Lipinski definition) is 5. The van der Waals surface area contributed by atoms with Crippen LogP contribution < -0.4 is 10.5 Å². The van der Waals surface area contributed by atoms with Crippen LogP contribution in [0, 0.1) is 6.92 Å². The Morgan fingerprint density at radius 3 is 2.70 bits per heavy atom. The van der Waals surface area contributed by atoms with Gasteiger partial charge in [0.1, 0.15) is 4.90 Å². The molecule has 0 saturated carbocycles. The predicted octanol–water partition coefficient (Wildman–Crippen LogP) is 0.799. The minimum Gasteiger partial charge on any atom is -0.478 e. The van der Waals surface area contributed by atoms with Gasteiger partial charge in [0.25, 0.3) is 10.0 Å². The number of aromatic amines is 1. The van der Waals surface area contributed by atoms with Gasteiger partial charge in [-0.25, -0.2) is 13.2 Å². The molecule has 0 bridgehead atoms. The van der Waals surface area contributed by atoms with Crippen LogP contribution in [0.15, 0.2) is 29.3 Å². The maximum Gasteiger partial charge on any atom is 0.337 e. The number of nitrogens with zero attached hydrogens (tertiary/aromatic N) is 1. The van der Waals surface area contributed by atoms with Gasteiger partial charge in [0.05, 0.1) is 23.1 Å². The van der Waals surface area contributed by atoms with Gasteiger partial charge in [-0.15, -0.1) is 0 Å². The van der Waals surface area contributed by atoms with Crippen molar-refractivity contribution in [2.75, 3.05) is 10.5 Å². The lowest BCUT2D eigenvalue weighted by Gasteiger charge is -2.10. The molecule has 5 N–H and O–H groups in total. The first kappa shape index (κ1) is 13.9. The van der Waals surface area contributed by atoms with Crippen LogP contribution in [0.3, 0.4) is 0 Å². The second kappa shape index (κ2) is 4.85. The second-order valence-corrected chi connectivity index (χ2v) is 5.73. The summed E-state index contributed by atoms with van der Waals surface area (Å²) in [6, 6.07) is 3.89. The van der Waals surface area contributed by atoms with Crippen LogP contribution >= 0.6 is 0 Å². The third-order valence-corrected chi connectivity index (χ3v) is 4.07. The number of aryl methyl sites for hydroxylation is 1. The first-order valence-electron chi connectivity index (χ1n) is 5.47. The van der Waals surface area contributed by atoms with E-state index >= 15 is 0 Å². The molecular formula is C11H12N4O4S. The number of anilines is 2. The lowest BCUT2D eigenvalue weighted by Crippen LogP contribution is -2.16. The average molecular weight is 296 g/mol. The molecule has 0 unspecified atom stereocenters. The van der Waals surface area contributed by atoms with Crippen LogP contribution in [0.4, 0.5) is 11.4 Å². The predicted molar refractivity (Wildman–Crippen MR) is 71.9 cm³/mol. The average Bonchev–Trinajstić information content (AvgIpc) is 2.78. The van der Waals surface area contributed by atoms with E-state index in [1.54, 1.807) is 6.92 Å². The third kappa shape index (κ3) is 2.57. The van der Waals surface area contributed by atoms with Gasteiger partial charge < -0.3 is 10.8 Å². The molecule has 0 aliphatic heterocycles.